The van der Waals surface area contributed by atoms with Gasteiger partial charge in [0.05, 0.1) is 5.56 Å². The maximum Gasteiger partial charge on any atom is 0.282 e. The topological polar surface area (TPSA) is 116 Å². The summed E-state index contributed by atoms with van der Waals surface area (Å²) in [6.07, 6.45) is 5.10. The summed E-state index contributed by atoms with van der Waals surface area (Å²) in [5.41, 5.74) is 0.316. The second-order valence-corrected chi connectivity index (χ2v) is 13.3. The maximum atomic E-state index is 14.3. The van der Waals surface area contributed by atoms with Crippen LogP contribution in [0, 0.1) is 17.2 Å². The van der Waals surface area contributed by atoms with Crippen molar-refractivity contribution in [2.75, 3.05) is 51.2 Å². The maximum absolute atomic E-state index is 14.3. The van der Waals surface area contributed by atoms with E-state index in [-0.39, 0.29) is 46.5 Å². The summed E-state index contributed by atoms with van der Waals surface area (Å²) < 4.78 is 20.5. The van der Waals surface area contributed by atoms with Crippen LogP contribution in [0.5, 0.6) is 11.6 Å². The predicted molar refractivity (Wildman–Crippen MR) is 173 cm³/mol. The van der Waals surface area contributed by atoms with E-state index >= 15 is 0 Å². The second kappa shape index (κ2) is 15.3. The van der Waals surface area contributed by atoms with Crippen LogP contribution in [-0.2, 0) is 4.79 Å². The smallest absolute Gasteiger partial charge is 0.282 e. The lowest BCUT2D eigenvalue weighted by atomic mass is 9.76. The van der Waals surface area contributed by atoms with Crippen LogP contribution in [0.2, 0.25) is 0 Å². The minimum atomic E-state index is -0.509. The fourth-order valence-electron chi connectivity index (χ4n) is 6.78. The van der Waals surface area contributed by atoms with Gasteiger partial charge in [-0.05, 0) is 77.6 Å². The molecular weight excluding hydrogens is 575 g/mol. The molecule has 12 heteroatoms. The number of likely N-dealkylation sites (tertiary alicyclic amines) is 1. The predicted octanol–water partition coefficient (Wildman–Crippen LogP) is 4.10. The van der Waals surface area contributed by atoms with E-state index in [9.17, 15) is 14.0 Å². The molecule has 0 aliphatic carbocycles. The van der Waals surface area contributed by atoms with E-state index in [2.05, 4.69) is 56.4 Å². The molecule has 2 amide bonds. The number of aromatic nitrogens is 3. The van der Waals surface area contributed by atoms with Crippen LogP contribution in [0.15, 0.2) is 24.5 Å². The molecule has 2 saturated heterocycles. The Hall–Kier alpha value is -3.38. The van der Waals surface area contributed by atoms with E-state index in [1.807, 2.05) is 20.8 Å². The van der Waals surface area contributed by atoms with Crippen molar-refractivity contribution < 1.29 is 18.7 Å². The number of halogens is 1. The highest BCUT2D eigenvalue weighted by Crippen LogP contribution is 2.44. The van der Waals surface area contributed by atoms with Crippen LogP contribution in [-0.4, -0.2) is 101 Å². The third-order valence-electron chi connectivity index (χ3n) is 9.17. The number of amides is 2. The standard InChI is InChI=1S/C33H51FN8O3/c1-8-42(23(4)5)32(44)26-17-25(34)11-12-28(26)45-31-30(37-21-38-39-31)40-15-13-33(18-40)19-41(20-33)27(22(2)3)10-9-14-36-24(6)16-29(43)35-7/h11-12,17,21-24,27,36H,8-10,13-16,18-20H2,1-7H3,(H,35,43)/t24-,27-/m1/s1. The summed E-state index contributed by atoms with van der Waals surface area (Å²) in [4.78, 5) is 36.0. The number of anilines is 1. The van der Waals surface area contributed by atoms with Crippen molar-refractivity contribution in [3.63, 3.8) is 0 Å². The molecule has 3 heterocycles. The van der Waals surface area contributed by atoms with Crippen molar-refractivity contribution in [2.24, 2.45) is 11.3 Å². The summed E-state index contributed by atoms with van der Waals surface area (Å²) in [6.45, 7) is 17.5. The van der Waals surface area contributed by atoms with Crippen molar-refractivity contribution in [3.05, 3.63) is 35.9 Å². The SMILES string of the molecule is CCN(C(=O)c1cc(F)ccc1Oc1nncnc1N1CCC2(C1)CN([C@H](CCCN[C@H](C)CC(=O)NC)C(C)C)C2)C(C)C. The van der Waals surface area contributed by atoms with Crippen molar-refractivity contribution >= 4 is 17.6 Å². The second-order valence-electron chi connectivity index (χ2n) is 13.3. The Bertz CT molecular complexity index is 1300. The fraction of sp³-hybridized carbons (Fsp3) is 0.667. The summed E-state index contributed by atoms with van der Waals surface area (Å²) in [5.74, 6) is 0.804. The third-order valence-corrected chi connectivity index (χ3v) is 9.17. The zero-order valence-corrected chi connectivity index (χ0v) is 28.0. The molecule has 0 unspecified atom stereocenters. The minimum Gasteiger partial charge on any atom is -0.434 e. The molecule has 45 heavy (non-hydrogen) atoms. The van der Waals surface area contributed by atoms with Gasteiger partial charge in [0.15, 0.2) is 5.82 Å². The Morgan fingerprint density at radius 3 is 2.58 bits per heavy atom. The zero-order chi connectivity index (χ0) is 32.7. The zero-order valence-electron chi connectivity index (χ0n) is 28.0. The molecule has 0 radical (unpaired) electrons. The average molecular weight is 627 g/mol. The molecule has 2 aliphatic rings. The molecule has 2 aliphatic heterocycles. The highest BCUT2D eigenvalue weighted by molar-refractivity contribution is 5.97. The molecule has 1 aromatic carbocycles. The van der Waals surface area contributed by atoms with Gasteiger partial charge in [-0.25, -0.2) is 9.37 Å². The number of hydrogen-bond donors (Lipinski definition) is 2. The lowest BCUT2D eigenvalue weighted by Crippen LogP contribution is -2.62. The van der Waals surface area contributed by atoms with Crippen molar-refractivity contribution in [3.8, 4) is 11.6 Å². The monoisotopic (exact) mass is 626 g/mol. The normalized spacial score (nSPS) is 17.4. The van der Waals surface area contributed by atoms with E-state index in [1.54, 1.807) is 11.9 Å². The van der Waals surface area contributed by atoms with E-state index in [4.69, 9.17) is 4.74 Å². The average Bonchev–Trinajstić information content (AvgIpc) is 3.43. The first-order valence-electron chi connectivity index (χ1n) is 16.4. The van der Waals surface area contributed by atoms with Crippen molar-refractivity contribution in [1.82, 2.24) is 35.6 Å². The quantitative estimate of drug-likeness (QED) is 0.282. The van der Waals surface area contributed by atoms with Gasteiger partial charge in [0.2, 0.25) is 5.91 Å². The number of rotatable bonds is 15. The largest absolute Gasteiger partial charge is 0.434 e. The number of carbonyl (C=O) groups excluding carboxylic acids is 2. The third kappa shape index (κ3) is 8.46. The molecule has 1 spiro atoms. The lowest BCUT2D eigenvalue weighted by molar-refractivity contribution is -0.121. The van der Waals surface area contributed by atoms with Gasteiger partial charge >= 0.3 is 0 Å². The first-order chi connectivity index (χ1) is 21.5. The molecule has 248 valence electrons. The van der Waals surface area contributed by atoms with E-state index in [1.165, 1.54) is 24.5 Å². The Balaban J connectivity index is 1.38. The number of benzene rings is 1. The first kappa shape index (κ1) is 34.5. The molecule has 11 nitrogen and oxygen atoms in total. The van der Waals surface area contributed by atoms with Gasteiger partial charge in [-0.2, -0.15) is 0 Å². The summed E-state index contributed by atoms with van der Waals surface area (Å²) in [7, 11) is 1.67. The van der Waals surface area contributed by atoms with Gasteiger partial charge in [0, 0.05) is 69.7 Å². The van der Waals surface area contributed by atoms with E-state index in [0.29, 0.717) is 30.7 Å². The van der Waals surface area contributed by atoms with Crippen LogP contribution in [0.4, 0.5) is 10.2 Å². The van der Waals surface area contributed by atoms with Gasteiger partial charge in [0.25, 0.3) is 11.8 Å². The molecule has 1 aromatic heterocycles. The van der Waals surface area contributed by atoms with Crippen LogP contribution in [0.1, 0.15) is 77.6 Å². The van der Waals surface area contributed by atoms with Gasteiger partial charge in [-0.3, -0.25) is 14.5 Å². The highest BCUT2D eigenvalue weighted by atomic mass is 19.1. The summed E-state index contributed by atoms with van der Waals surface area (Å²) >= 11 is 0. The Morgan fingerprint density at radius 1 is 1.16 bits per heavy atom. The highest BCUT2D eigenvalue weighted by Gasteiger charge is 2.50. The molecular formula is C33H51FN8O3. The molecule has 0 saturated carbocycles. The number of ether oxygens (including phenoxy) is 1. The van der Waals surface area contributed by atoms with Crippen LogP contribution < -0.4 is 20.3 Å². The van der Waals surface area contributed by atoms with Gasteiger partial charge in [-0.1, -0.05) is 13.8 Å². The summed E-state index contributed by atoms with van der Waals surface area (Å²) in [6, 6.07) is 4.57. The number of nitrogens with zero attached hydrogens (tertiary/aromatic N) is 6. The number of hydrogen-bond acceptors (Lipinski definition) is 9. The van der Waals surface area contributed by atoms with Gasteiger partial charge < -0.3 is 25.2 Å². The Morgan fingerprint density at radius 2 is 1.91 bits per heavy atom. The number of carbonyl (C=O) groups is 2. The Kier molecular flexibility index (Phi) is 11.7. The summed E-state index contributed by atoms with van der Waals surface area (Å²) in [5, 5.41) is 14.4. The van der Waals surface area contributed by atoms with Crippen LogP contribution in [0.25, 0.3) is 0 Å². The molecule has 2 fully saturated rings. The molecule has 2 aromatic rings. The molecule has 2 N–H and O–H groups in total. The van der Waals surface area contributed by atoms with E-state index in [0.717, 1.165) is 52.0 Å². The van der Waals surface area contributed by atoms with Crippen molar-refractivity contribution in [1.29, 1.82) is 0 Å². The fourth-order valence-corrected chi connectivity index (χ4v) is 6.78. The molecule has 4 rings (SSSR count). The van der Waals surface area contributed by atoms with E-state index < -0.39 is 5.82 Å². The van der Waals surface area contributed by atoms with Crippen LogP contribution >= 0.6 is 0 Å². The molecule has 2 atom stereocenters. The van der Waals surface area contributed by atoms with Crippen LogP contribution in [0.3, 0.4) is 0 Å². The molecule has 0 bridgehead atoms. The van der Waals surface area contributed by atoms with Crippen molar-refractivity contribution in [2.45, 2.75) is 85.4 Å². The minimum absolute atomic E-state index is 0.0499. The number of nitrogens with one attached hydrogen (secondary N) is 2. The Labute approximate surface area is 267 Å². The van der Waals surface area contributed by atoms with Gasteiger partial charge in [-0.15, -0.1) is 10.2 Å². The van der Waals surface area contributed by atoms with Gasteiger partial charge in [0.1, 0.15) is 17.9 Å². The lowest BCUT2D eigenvalue weighted by Gasteiger charge is -2.53. The first-order valence-corrected chi connectivity index (χ1v) is 16.4.